The van der Waals surface area contributed by atoms with Gasteiger partial charge in [-0.2, -0.15) is 5.10 Å². The van der Waals surface area contributed by atoms with Gasteiger partial charge in [0.1, 0.15) is 0 Å². The molecule has 0 aliphatic heterocycles. The standard InChI is InChI=1S/C15H26N4O2.ClH/c1-21-9-8-16-11-15(20)17-14-10-13(18-19-14)12-6-4-2-3-5-7-12;/h10,12,16H,2-9,11H2,1H3,(H2,17,18,19,20);1H. The number of hydrogen-bond acceptors (Lipinski definition) is 4. The van der Waals surface area contributed by atoms with Gasteiger partial charge in [0.25, 0.3) is 0 Å². The van der Waals surface area contributed by atoms with E-state index in [1.807, 2.05) is 6.07 Å². The molecular weight excluding hydrogens is 304 g/mol. The van der Waals surface area contributed by atoms with E-state index in [1.165, 1.54) is 38.5 Å². The number of rotatable bonds is 7. The van der Waals surface area contributed by atoms with Gasteiger partial charge in [-0.3, -0.25) is 9.89 Å². The number of halogens is 1. The number of methoxy groups -OCH3 is 1. The molecule has 1 fully saturated rings. The normalized spacial score (nSPS) is 15.9. The van der Waals surface area contributed by atoms with Crippen molar-refractivity contribution >= 4 is 24.1 Å². The first-order valence-electron chi connectivity index (χ1n) is 7.84. The Hall–Kier alpha value is -1.11. The molecule has 1 saturated carbocycles. The van der Waals surface area contributed by atoms with E-state index >= 15 is 0 Å². The maximum absolute atomic E-state index is 11.7. The summed E-state index contributed by atoms with van der Waals surface area (Å²) in [5.41, 5.74) is 1.15. The number of amides is 1. The number of nitrogens with zero attached hydrogens (tertiary/aromatic N) is 1. The fraction of sp³-hybridized carbons (Fsp3) is 0.733. The second-order valence-corrected chi connectivity index (χ2v) is 5.61. The van der Waals surface area contributed by atoms with Gasteiger partial charge in [-0.15, -0.1) is 12.4 Å². The van der Waals surface area contributed by atoms with Crippen LogP contribution in [0.5, 0.6) is 0 Å². The van der Waals surface area contributed by atoms with Gasteiger partial charge in [0.15, 0.2) is 5.82 Å². The third-order valence-electron chi connectivity index (χ3n) is 3.93. The molecule has 6 nitrogen and oxygen atoms in total. The summed E-state index contributed by atoms with van der Waals surface area (Å²) in [7, 11) is 1.64. The van der Waals surface area contributed by atoms with Crippen molar-refractivity contribution in [3.8, 4) is 0 Å². The fourth-order valence-corrected chi connectivity index (χ4v) is 2.76. The third kappa shape index (κ3) is 6.34. The van der Waals surface area contributed by atoms with E-state index in [9.17, 15) is 4.79 Å². The molecule has 0 unspecified atom stereocenters. The maximum atomic E-state index is 11.7. The molecule has 0 saturated heterocycles. The van der Waals surface area contributed by atoms with E-state index in [-0.39, 0.29) is 24.9 Å². The number of aromatic nitrogens is 2. The maximum Gasteiger partial charge on any atom is 0.239 e. The van der Waals surface area contributed by atoms with Gasteiger partial charge in [0, 0.05) is 31.3 Å². The first-order valence-corrected chi connectivity index (χ1v) is 7.84. The second kappa shape index (κ2) is 10.6. The summed E-state index contributed by atoms with van der Waals surface area (Å²) in [6.07, 6.45) is 7.68. The van der Waals surface area contributed by atoms with Crippen LogP contribution in [0.25, 0.3) is 0 Å². The van der Waals surface area contributed by atoms with Crippen molar-refractivity contribution in [2.24, 2.45) is 0 Å². The molecule has 1 heterocycles. The number of H-pyrrole nitrogens is 1. The highest BCUT2D eigenvalue weighted by Gasteiger charge is 2.17. The predicted octanol–water partition coefficient (Wildman–Crippen LogP) is 2.44. The highest BCUT2D eigenvalue weighted by Crippen LogP contribution is 2.31. The van der Waals surface area contributed by atoms with Gasteiger partial charge in [0.05, 0.1) is 13.2 Å². The Morgan fingerprint density at radius 1 is 1.36 bits per heavy atom. The zero-order chi connectivity index (χ0) is 14.9. The Balaban J connectivity index is 0.00000242. The van der Waals surface area contributed by atoms with E-state index in [2.05, 4.69) is 20.8 Å². The molecule has 1 aliphatic rings. The SMILES string of the molecule is COCCNCC(=O)Nc1cc(C2CCCCCC2)[nH]n1.Cl. The Morgan fingerprint density at radius 2 is 2.09 bits per heavy atom. The number of aromatic amines is 1. The molecule has 0 radical (unpaired) electrons. The highest BCUT2D eigenvalue weighted by molar-refractivity contribution is 5.91. The van der Waals surface area contributed by atoms with E-state index in [4.69, 9.17) is 4.74 Å². The molecule has 22 heavy (non-hydrogen) atoms. The predicted molar refractivity (Wildman–Crippen MR) is 89.7 cm³/mol. The summed E-state index contributed by atoms with van der Waals surface area (Å²) < 4.78 is 4.91. The highest BCUT2D eigenvalue weighted by atomic mass is 35.5. The van der Waals surface area contributed by atoms with Gasteiger partial charge in [-0.1, -0.05) is 25.7 Å². The van der Waals surface area contributed by atoms with Crippen LogP contribution in [0.15, 0.2) is 6.07 Å². The smallest absolute Gasteiger partial charge is 0.239 e. The average molecular weight is 331 g/mol. The van der Waals surface area contributed by atoms with Gasteiger partial charge in [-0.05, 0) is 12.8 Å². The van der Waals surface area contributed by atoms with Crippen molar-refractivity contribution in [1.82, 2.24) is 15.5 Å². The average Bonchev–Trinajstić information content (AvgIpc) is 2.76. The molecular formula is C15H27ClN4O2. The number of hydrogen-bond donors (Lipinski definition) is 3. The van der Waals surface area contributed by atoms with Crippen molar-refractivity contribution in [2.45, 2.75) is 44.4 Å². The third-order valence-corrected chi connectivity index (χ3v) is 3.93. The lowest BCUT2D eigenvalue weighted by Gasteiger charge is -2.10. The van der Waals surface area contributed by atoms with Gasteiger partial charge < -0.3 is 15.4 Å². The topological polar surface area (TPSA) is 79.0 Å². The Morgan fingerprint density at radius 3 is 2.77 bits per heavy atom. The molecule has 1 aromatic heterocycles. The van der Waals surface area contributed by atoms with E-state index in [0.29, 0.717) is 24.9 Å². The Labute approximate surface area is 138 Å². The number of anilines is 1. The van der Waals surface area contributed by atoms with Crippen molar-refractivity contribution in [1.29, 1.82) is 0 Å². The minimum absolute atomic E-state index is 0. The largest absolute Gasteiger partial charge is 0.383 e. The molecule has 1 aromatic rings. The number of nitrogens with one attached hydrogen (secondary N) is 3. The first kappa shape index (κ1) is 18.9. The van der Waals surface area contributed by atoms with Crippen LogP contribution in [-0.4, -0.2) is 42.9 Å². The van der Waals surface area contributed by atoms with Crippen LogP contribution in [0.1, 0.15) is 50.1 Å². The van der Waals surface area contributed by atoms with E-state index in [1.54, 1.807) is 7.11 Å². The van der Waals surface area contributed by atoms with Gasteiger partial charge in [0.2, 0.25) is 5.91 Å². The van der Waals surface area contributed by atoms with E-state index < -0.39 is 0 Å². The Kier molecular flexibility index (Phi) is 9.11. The van der Waals surface area contributed by atoms with Crippen molar-refractivity contribution in [3.05, 3.63) is 11.8 Å². The quantitative estimate of drug-likeness (QED) is 0.530. The van der Waals surface area contributed by atoms with Crippen molar-refractivity contribution in [2.75, 3.05) is 32.1 Å². The number of ether oxygens (including phenoxy) is 1. The summed E-state index contributed by atoms with van der Waals surface area (Å²) >= 11 is 0. The van der Waals surface area contributed by atoms with Crippen LogP contribution in [0.3, 0.4) is 0 Å². The summed E-state index contributed by atoms with van der Waals surface area (Å²) in [4.78, 5) is 11.7. The monoisotopic (exact) mass is 330 g/mol. The minimum atomic E-state index is -0.0787. The van der Waals surface area contributed by atoms with Crippen LogP contribution in [0.2, 0.25) is 0 Å². The molecule has 0 spiro atoms. The van der Waals surface area contributed by atoms with Crippen LogP contribution >= 0.6 is 12.4 Å². The molecule has 0 aromatic carbocycles. The summed E-state index contributed by atoms with van der Waals surface area (Å²) in [6, 6.07) is 1.98. The van der Waals surface area contributed by atoms with E-state index in [0.717, 1.165) is 5.69 Å². The number of carbonyl (C=O) groups excluding carboxylic acids is 1. The Bertz CT molecular complexity index is 431. The lowest BCUT2D eigenvalue weighted by molar-refractivity contribution is -0.115. The summed E-state index contributed by atoms with van der Waals surface area (Å²) in [6.45, 7) is 1.54. The minimum Gasteiger partial charge on any atom is -0.383 e. The fourth-order valence-electron chi connectivity index (χ4n) is 2.76. The molecule has 1 aliphatic carbocycles. The molecule has 0 atom stereocenters. The number of carbonyl (C=O) groups is 1. The zero-order valence-corrected chi connectivity index (χ0v) is 14.0. The lowest BCUT2D eigenvalue weighted by Crippen LogP contribution is -2.30. The molecule has 126 valence electrons. The molecule has 0 bridgehead atoms. The summed E-state index contributed by atoms with van der Waals surface area (Å²) in [5, 5.41) is 13.1. The lowest BCUT2D eigenvalue weighted by atomic mass is 9.97. The van der Waals surface area contributed by atoms with Crippen LogP contribution < -0.4 is 10.6 Å². The molecule has 1 amide bonds. The first-order chi connectivity index (χ1) is 10.3. The summed E-state index contributed by atoms with van der Waals surface area (Å²) in [5.74, 6) is 1.10. The second-order valence-electron chi connectivity index (χ2n) is 5.61. The molecule has 7 heteroatoms. The molecule has 3 N–H and O–H groups in total. The van der Waals surface area contributed by atoms with Crippen molar-refractivity contribution in [3.63, 3.8) is 0 Å². The zero-order valence-electron chi connectivity index (χ0n) is 13.2. The van der Waals surface area contributed by atoms with Gasteiger partial charge in [-0.25, -0.2) is 0 Å². The van der Waals surface area contributed by atoms with Crippen molar-refractivity contribution < 1.29 is 9.53 Å². The van der Waals surface area contributed by atoms with Crippen LogP contribution in [-0.2, 0) is 9.53 Å². The van der Waals surface area contributed by atoms with Gasteiger partial charge >= 0.3 is 0 Å². The molecule has 2 rings (SSSR count). The van der Waals surface area contributed by atoms with Crippen LogP contribution in [0.4, 0.5) is 5.82 Å². The van der Waals surface area contributed by atoms with Crippen LogP contribution in [0, 0.1) is 0 Å².